The van der Waals surface area contributed by atoms with E-state index in [-0.39, 0.29) is 12.5 Å². The molecule has 0 spiro atoms. The van der Waals surface area contributed by atoms with Gasteiger partial charge in [0.05, 0.1) is 25.3 Å². The van der Waals surface area contributed by atoms with E-state index in [9.17, 15) is 9.59 Å². The molecule has 134 valence electrons. The Balaban J connectivity index is 1.90. The second kappa shape index (κ2) is 7.31. The van der Waals surface area contributed by atoms with Crippen LogP contribution in [-0.2, 0) is 4.74 Å². The molecule has 2 aromatic carbocycles. The van der Waals surface area contributed by atoms with Gasteiger partial charge in [0.15, 0.2) is 6.61 Å². The number of aromatic nitrogens is 1. The van der Waals surface area contributed by atoms with Crippen molar-refractivity contribution < 1.29 is 23.8 Å². The maximum atomic E-state index is 12.8. The van der Waals surface area contributed by atoms with Crippen LogP contribution in [0.15, 0.2) is 48.5 Å². The summed E-state index contributed by atoms with van der Waals surface area (Å²) >= 11 is 0. The lowest BCUT2D eigenvalue weighted by atomic mass is 10.1. The van der Waals surface area contributed by atoms with Gasteiger partial charge in [-0.3, -0.25) is 9.36 Å². The number of carbonyl (C=O) groups excluding carboxylic acids is 2. The Morgan fingerprint density at radius 2 is 1.62 bits per heavy atom. The van der Waals surface area contributed by atoms with E-state index in [2.05, 4.69) is 0 Å². The number of hydrogen-bond donors (Lipinski definition) is 0. The van der Waals surface area contributed by atoms with E-state index in [0.29, 0.717) is 33.7 Å². The summed E-state index contributed by atoms with van der Waals surface area (Å²) in [5.41, 5.74) is 1.57. The quantitative estimate of drug-likeness (QED) is 0.657. The molecule has 0 aliphatic heterocycles. The highest BCUT2D eigenvalue weighted by molar-refractivity contribution is 6.09. The third kappa shape index (κ3) is 3.13. The molecule has 0 atom stereocenters. The van der Waals surface area contributed by atoms with Crippen LogP contribution in [0, 0.1) is 6.92 Å². The van der Waals surface area contributed by atoms with Crippen LogP contribution in [0.3, 0.4) is 0 Å². The molecule has 0 aliphatic carbocycles. The molecule has 0 radical (unpaired) electrons. The predicted octanol–water partition coefficient (Wildman–Crippen LogP) is 3.46. The highest BCUT2D eigenvalue weighted by Gasteiger charge is 2.23. The highest BCUT2D eigenvalue weighted by atomic mass is 16.5. The maximum Gasteiger partial charge on any atom is 0.340 e. The minimum Gasteiger partial charge on any atom is -0.497 e. The zero-order valence-corrected chi connectivity index (χ0v) is 14.8. The van der Waals surface area contributed by atoms with Gasteiger partial charge in [0.2, 0.25) is 0 Å². The van der Waals surface area contributed by atoms with Crippen LogP contribution in [0.25, 0.3) is 10.9 Å². The van der Waals surface area contributed by atoms with Crippen LogP contribution in [0.4, 0.5) is 0 Å². The van der Waals surface area contributed by atoms with Crippen molar-refractivity contribution in [3.8, 4) is 11.5 Å². The van der Waals surface area contributed by atoms with E-state index in [4.69, 9.17) is 14.2 Å². The van der Waals surface area contributed by atoms with Gasteiger partial charge in [0, 0.05) is 11.1 Å². The minimum atomic E-state index is -0.471. The summed E-state index contributed by atoms with van der Waals surface area (Å²) in [5, 5.41) is 0.676. The average Bonchev–Trinajstić information content (AvgIpc) is 2.97. The number of rotatable bonds is 5. The molecule has 26 heavy (non-hydrogen) atoms. The van der Waals surface area contributed by atoms with Gasteiger partial charge in [0.25, 0.3) is 5.91 Å². The van der Waals surface area contributed by atoms with Crippen molar-refractivity contribution in [3.63, 3.8) is 0 Å². The van der Waals surface area contributed by atoms with E-state index in [1.54, 1.807) is 50.4 Å². The van der Waals surface area contributed by atoms with E-state index < -0.39 is 5.97 Å². The molecule has 3 aromatic rings. The van der Waals surface area contributed by atoms with Gasteiger partial charge in [-0.25, -0.2) is 4.79 Å². The van der Waals surface area contributed by atoms with Gasteiger partial charge >= 0.3 is 5.97 Å². The molecule has 6 nitrogen and oxygen atoms in total. The summed E-state index contributed by atoms with van der Waals surface area (Å²) in [4.78, 5) is 24.9. The number of benzene rings is 2. The van der Waals surface area contributed by atoms with Gasteiger partial charge in [-0.2, -0.15) is 0 Å². The second-order valence-corrected chi connectivity index (χ2v) is 5.66. The van der Waals surface area contributed by atoms with Crippen LogP contribution in [0.2, 0.25) is 0 Å². The summed E-state index contributed by atoms with van der Waals surface area (Å²) < 4.78 is 17.0. The van der Waals surface area contributed by atoms with Crippen LogP contribution < -0.4 is 9.47 Å². The molecular weight excluding hydrogens is 334 g/mol. The van der Waals surface area contributed by atoms with Crippen molar-refractivity contribution in [1.29, 1.82) is 0 Å². The SMILES string of the molecule is COC(=O)c1c(C)n(C(=O)COc2ccc(OC)cc2)c2ccccc12. The van der Waals surface area contributed by atoms with Crippen molar-refractivity contribution in [2.24, 2.45) is 0 Å². The van der Waals surface area contributed by atoms with Crippen molar-refractivity contribution in [2.75, 3.05) is 20.8 Å². The molecule has 0 amide bonds. The Morgan fingerprint density at radius 1 is 0.962 bits per heavy atom. The summed E-state index contributed by atoms with van der Waals surface area (Å²) in [7, 11) is 2.90. The number of para-hydroxylation sites is 1. The number of esters is 1. The van der Waals surface area contributed by atoms with Crippen LogP contribution in [-0.4, -0.2) is 37.3 Å². The Labute approximate surface area is 150 Å². The first-order chi connectivity index (χ1) is 12.6. The first-order valence-corrected chi connectivity index (χ1v) is 8.05. The number of ether oxygens (including phenoxy) is 3. The van der Waals surface area contributed by atoms with Gasteiger partial charge in [-0.1, -0.05) is 18.2 Å². The lowest BCUT2D eigenvalue weighted by molar-refractivity contribution is 0.0602. The van der Waals surface area contributed by atoms with E-state index >= 15 is 0 Å². The Bertz CT molecular complexity index is 956. The molecule has 6 heteroatoms. The molecule has 0 saturated heterocycles. The second-order valence-electron chi connectivity index (χ2n) is 5.66. The van der Waals surface area contributed by atoms with E-state index in [1.165, 1.54) is 11.7 Å². The molecule has 0 saturated carbocycles. The highest BCUT2D eigenvalue weighted by Crippen LogP contribution is 2.26. The molecule has 1 aromatic heterocycles. The molecule has 0 aliphatic rings. The average molecular weight is 353 g/mol. The summed E-state index contributed by atoms with van der Waals surface area (Å²) in [6, 6.07) is 14.2. The fourth-order valence-corrected chi connectivity index (χ4v) is 2.93. The topological polar surface area (TPSA) is 66.8 Å². The zero-order valence-electron chi connectivity index (χ0n) is 14.8. The van der Waals surface area contributed by atoms with Crippen LogP contribution in [0.1, 0.15) is 20.8 Å². The lowest BCUT2D eigenvalue weighted by Gasteiger charge is -2.09. The van der Waals surface area contributed by atoms with Gasteiger partial charge in [0.1, 0.15) is 11.5 Å². The normalized spacial score (nSPS) is 10.6. The molecule has 0 N–H and O–H groups in total. The van der Waals surface area contributed by atoms with E-state index in [0.717, 1.165) is 0 Å². The van der Waals surface area contributed by atoms with E-state index in [1.807, 2.05) is 12.1 Å². The molecule has 0 fully saturated rings. The van der Waals surface area contributed by atoms with Gasteiger partial charge in [-0.05, 0) is 37.3 Å². The fourth-order valence-electron chi connectivity index (χ4n) is 2.93. The standard InChI is InChI=1S/C20H19NO5/c1-13-19(20(23)25-3)16-6-4-5-7-17(16)21(13)18(22)12-26-15-10-8-14(24-2)9-11-15/h4-11H,12H2,1-3H3. The molecule has 3 rings (SSSR count). The van der Waals surface area contributed by atoms with Crippen LogP contribution >= 0.6 is 0 Å². The number of hydrogen-bond acceptors (Lipinski definition) is 5. The van der Waals surface area contributed by atoms with Crippen molar-refractivity contribution in [2.45, 2.75) is 6.92 Å². The summed E-state index contributed by atoms with van der Waals surface area (Å²) in [6.07, 6.45) is 0. The predicted molar refractivity (Wildman–Crippen MR) is 97.1 cm³/mol. The smallest absolute Gasteiger partial charge is 0.340 e. The Morgan fingerprint density at radius 3 is 2.27 bits per heavy atom. The Hall–Kier alpha value is -3.28. The first kappa shape index (κ1) is 17.5. The maximum absolute atomic E-state index is 12.8. The van der Waals surface area contributed by atoms with Crippen molar-refractivity contribution in [1.82, 2.24) is 4.57 Å². The van der Waals surface area contributed by atoms with Crippen molar-refractivity contribution >= 4 is 22.8 Å². The monoisotopic (exact) mass is 353 g/mol. The number of fused-ring (bicyclic) bond motifs is 1. The Kier molecular flexibility index (Phi) is 4.93. The fraction of sp³-hybridized carbons (Fsp3) is 0.200. The van der Waals surface area contributed by atoms with Crippen molar-refractivity contribution in [3.05, 3.63) is 59.8 Å². The molecule has 0 unspecified atom stereocenters. The van der Waals surface area contributed by atoms with Crippen LogP contribution in [0.5, 0.6) is 11.5 Å². The van der Waals surface area contributed by atoms with Gasteiger partial charge in [-0.15, -0.1) is 0 Å². The third-order valence-corrected chi connectivity index (χ3v) is 4.17. The largest absolute Gasteiger partial charge is 0.497 e. The third-order valence-electron chi connectivity index (χ3n) is 4.17. The number of methoxy groups -OCH3 is 2. The number of carbonyl (C=O) groups is 2. The number of nitrogens with zero attached hydrogens (tertiary/aromatic N) is 1. The summed E-state index contributed by atoms with van der Waals surface area (Å²) in [5.74, 6) is 0.520. The molecule has 1 heterocycles. The lowest BCUT2D eigenvalue weighted by Crippen LogP contribution is -2.20. The van der Waals surface area contributed by atoms with Gasteiger partial charge < -0.3 is 14.2 Å². The first-order valence-electron chi connectivity index (χ1n) is 8.05. The molecular formula is C20H19NO5. The minimum absolute atomic E-state index is 0.160. The molecule has 0 bridgehead atoms. The zero-order chi connectivity index (χ0) is 18.7. The summed E-state index contributed by atoms with van der Waals surface area (Å²) in [6.45, 7) is 1.56.